The van der Waals surface area contributed by atoms with Crippen molar-refractivity contribution in [2.75, 3.05) is 48.6 Å². The van der Waals surface area contributed by atoms with Crippen molar-refractivity contribution in [3.8, 4) is 11.5 Å². The third-order valence-corrected chi connectivity index (χ3v) is 16.3. The van der Waals surface area contributed by atoms with Crippen LogP contribution in [0.25, 0.3) is 0 Å². The number of halogens is 2. The molecule has 6 rings (SSSR count). The third-order valence-electron chi connectivity index (χ3n) is 10.8. The number of nitrogens with zero attached hydrogens (tertiary/aromatic N) is 2. The SMILES string of the molecule is CCC1(CC)CN(c2ccccc2)c2cc(Br)c(OC)cc2S(=O)(=O)C1.CCC1(CC)CN(c2ccccc2)c2cc(I)c(OC)cc2S(=O)(=O)C1. The quantitative estimate of drug-likeness (QED) is 0.161. The molecule has 52 heavy (non-hydrogen) atoms. The van der Waals surface area contributed by atoms with Crippen molar-refractivity contribution >= 4 is 80.9 Å². The van der Waals surface area contributed by atoms with Gasteiger partial charge in [0.25, 0.3) is 0 Å². The summed E-state index contributed by atoms with van der Waals surface area (Å²) in [5, 5.41) is 0. The fourth-order valence-electron chi connectivity index (χ4n) is 7.21. The van der Waals surface area contributed by atoms with E-state index in [1.807, 2.05) is 72.8 Å². The average molecular weight is 924 g/mol. The van der Waals surface area contributed by atoms with Crippen LogP contribution in [0.4, 0.5) is 22.7 Å². The minimum atomic E-state index is -3.44. The molecule has 0 spiro atoms. The summed E-state index contributed by atoms with van der Waals surface area (Å²) < 4.78 is 65.6. The molecule has 280 valence electrons. The molecule has 0 bridgehead atoms. The van der Waals surface area contributed by atoms with Crippen LogP contribution in [0.3, 0.4) is 0 Å². The van der Waals surface area contributed by atoms with E-state index in [1.165, 1.54) is 0 Å². The van der Waals surface area contributed by atoms with Gasteiger partial charge in [-0.25, -0.2) is 16.8 Å². The van der Waals surface area contributed by atoms with Crippen LogP contribution >= 0.6 is 38.5 Å². The van der Waals surface area contributed by atoms with Crippen LogP contribution in [-0.4, -0.2) is 55.7 Å². The van der Waals surface area contributed by atoms with Crippen molar-refractivity contribution < 1.29 is 26.3 Å². The first kappa shape index (κ1) is 40.4. The Morgan fingerprint density at radius 2 is 1.02 bits per heavy atom. The Morgan fingerprint density at radius 1 is 0.635 bits per heavy atom. The monoisotopic (exact) mass is 922 g/mol. The van der Waals surface area contributed by atoms with Crippen LogP contribution < -0.4 is 19.3 Å². The maximum atomic E-state index is 13.3. The highest BCUT2D eigenvalue weighted by Crippen LogP contribution is 2.47. The summed E-state index contributed by atoms with van der Waals surface area (Å²) in [5.41, 5.74) is 2.87. The molecule has 0 saturated heterocycles. The largest absolute Gasteiger partial charge is 0.496 e. The van der Waals surface area contributed by atoms with E-state index in [1.54, 1.807) is 26.4 Å². The molecule has 2 heterocycles. The summed E-state index contributed by atoms with van der Waals surface area (Å²) in [6, 6.07) is 27.1. The molecule has 2 aliphatic rings. The zero-order valence-corrected chi connectivity index (χ0v) is 36.0. The number of rotatable bonds is 8. The van der Waals surface area contributed by atoms with Crippen molar-refractivity contribution in [3.63, 3.8) is 0 Å². The Labute approximate surface area is 332 Å². The molecule has 0 amide bonds. The Hall–Kier alpha value is -2.81. The van der Waals surface area contributed by atoms with E-state index in [2.05, 4.69) is 76.0 Å². The lowest BCUT2D eigenvalue weighted by Crippen LogP contribution is -2.37. The first-order chi connectivity index (χ1) is 24.7. The molecule has 0 atom stereocenters. The summed E-state index contributed by atoms with van der Waals surface area (Å²) in [7, 11) is -3.75. The number of sulfone groups is 2. The lowest BCUT2D eigenvalue weighted by molar-refractivity contribution is 0.313. The van der Waals surface area contributed by atoms with Gasteiger partial charge in [-0.1, -0.05) is 64.1 Å². The number of ether oxygens (including phenoxy) is 2. The number of hydrogen-bond donors (Lipinski definition) is 0. The lowest BCUT2D eigenvalue weighted by Gasteiger charge is -2.35. The zero-order chi connectivity index (χ0) is 37.9. The first-order valence-electron chi connectivity index (χ1n) is 17.6. The highest BCUT2D eigenvalue weighted by molar-refractivity contribution is 14.1. The van der Waals surface area contributed by atoms with Gasteiger partial charge in [-0.3, -0.25) is 0 Å². The van der Waals surface area contributed by atoms with Gasteiger partial charge in [-0.05, 0) is 101 Å². The molecular weight excluding hydrogens is 875 g/mol. The number of para-hydroxylation sites is 2. The summed E-state index contributed by atoms with van der Waals surface area (Å²) in [4.78, 5) is 5.00. The third kappa shape index (κ3) is 8.14. The molecule has 8 nitrogen and oxygen atoms in total. The van der Waals surface area contributed by atoms with Crippen LogP contribution in [0.15, 0.2) is 99.2 Å². The second kappa shape index (κ2) is 16.3. The Bertz CT molecular complexity index is 1940. The molecule has 0 aromatic heterocycles. The van der Waals surface area contributed by atoms with E-state index in [0.717, 1.165) is 50.8 Å². The van der Waals surface area contributed by atoms with Gasteiger partial charge < -0.3 is 19.3 Å². The minimum absolute atomic E-state index is 0.147. The molecule has 0 fully saturated rings. The van der Waals surface area contributed by atoms with Crippen LogP contribution in [0.1, 0.15) is 53.4 Å². The second-order valence-electron chi connectivity index (χ2n) is 13.7. The molecular formula is C40H48BrIN2O6S2. The topological polar surface area (TPSA) is 93.2 Å². The minimum Gasteiger partial charge on any atom is -0.496 e. The van der Waals surface area contributed by atoms with E-state index in [4.69, 9.17) is 9.47 Å². The summed E-state index contributed by atoms with van der Waals surface area (Å²) in [6.07, 6.45) is 3.24. The van der Waals surface area contributed by atoms with Gasteiger partial charge in [0.15, 0.2) is 19.7 Å². The van der Waals surface area contributed by atoms with Gasteiger partial charge in [-0.2, -0.15) is 0 Å². The summed E-state index contributed by atoms with van der Waals surface area (Å²) >= 11 is 5.72. The summed E-state index contributed by atoms with van der Waals surface area (Å²) in [6.45, 7) is 9.67. The predicted molar refractivity (Wildman–Crippen MR) is 223 cm³/mol. The van der Waals surface area contributed by atoms with Crippen LogP contribution in [0.2, 0.25) is 0 Å². The molecule has 4 aromatic rings. The lowest BCUT2D eigenvalue weighted by atomic mass is 9.83. The van der Waals surface area contributed by atoms with Crippen molar-refractivity contribution in [2.45, 2.75) is 63.2 Å². The summed E-state index contributed by atoms with van der Waals surface area (Å²) in [5.74, 6) is 1.43. The van der Waals surface area contributed by atoms with Crippen molar-refractivity contribution in [1.29, 1.82) is 0 Å². The fourth-order valence-corrected chi connectivity index (χ4v) is 12.8. The number of fused-ring (bicyclic) bond motifs is 2. The highest BCUT2D eigenvalue weighted by atomic mass is 127. The van der Waals surface area contributed by atoms with Crippen molar-refractivity contribution in [1.82, 2.24) is 0 Å². The van der Waals surface area contributed by atoms with Crippen LogP contribution in [-0.2, 0) is 19.7 Å². The number of anilines is 4. The van der Waals surface area contributed by atoms with Crippen molar-refractivity contribution in [2.24, 2.45) is 10.8 Å². The molecule has 2 aliphatic heterocycles. The average Bonchev–Trinajstić information content (AvgIpc) is 3.31. The first-order valence-corrected chi connectivity index (χ1v) is 22.7. The molecule has 0 radical (unpaired) electrons. The van der Waals surface area contributed by atoms with Gasteiger partial charge >= 0.3 is 0 Å². The Balaban J connectivity index is 0.000000201. The van der Waals surface area contributed by atoms with Gasteiger partial charge in [0.1, 0.15) is 11.5 Å². The standard InChI is InChI=1S/C20H24BrNO3S.C20H24INO3S/c2*1-4-20(5-2)13-22(15-9-7-6-8-10-15)17-11-16(21)18(25-3)12-19(17)26(23,24)14-20/h2*6-12H,4-5,13-14H2,1-3H3. The van der Waals surface area contributed by atoms with Crippen molar-refractivity contribution in [3.05, 3.63) is 93.0 Å². The van der Waals surface area contributed by atoms with E-state index < -0.39 is 19.7 Å². The van der Waals surface area contributed by atoms with E-state index in [9.17, 15) is 16.8 Å². The fraction of sp³-hybridized carbons (Fsp3) is 0.400. The molecule has 12 heteroatoms. The maximum absolute atomic E-state index is 13.3. The maximum Gasteiger partial charge on any atom is 0.181 e. The molecule has 0 saturated carbocycles. The van der Waals surface area contributed by atoms with Gasteiger partial charge in [-0.15, -0.1) is 0 Å². The van der Waals surface area contributed by atoms with Crippen LogP contribution in [0.5, 0.6) is 11.5 Å². The van der Waals surface area contributed by atoms with Crippen LogP contribution in [0, 0.1) is 14.4 Å². The zero-order valence-electron chi connectivity index (χ0n) is 30.7. The van der Waals surface area contributed by atoms with E-state index in [-0.39, 0.29) is 22.3 Å². The van der Waals surface area contributed by atoms with E-state index in [0.29, 0.717) is 40.1 Å². The Morgan fingerprint density at radius 3 is 1.40 bits per heavy atom. The molecule has 0 aliphatic carbocycles. The molecule has 0 N–H and O–H groups in total. The van der Waals surface area contributed by atoms with E-state index >= 15 is 0 Å². The van der Waals surface area contributed by atoms with Gasteiger partial charge in [0, 0.05) is 47.4 Å². The number of methoxy groups -OCH3 is 2. The number of hydrogen-bond acceptors (Lipinski definition) is 8. The smallest absolute Gasteiger partial charge is 0.181 e. The van der Waals surface area contributed by atoms with Gasteiger partial charge in [0.2, 0.25) is 0 Å². The number of benzene rings is 4. The molecule has 0 unspecified atom stereocenters. The Kier molecular flexibility index (Phi) is 12.6. The predicted octanol–water partition coefficient (Wildman–Crippen LogP) is 10.2. The van der Waals surface area contributed by atoms with Gasteiger partial charge in [0.05, 0.1) is 54.9 Å². The molecule has 4 aromatic carbocycles. The normalized spacial score (nSPS) is 18.1. The second-order valence-corrected chi connectivity index (χ2v) is 19.6. The highest BCUT2D eigenvalue weighted by Gasteiger charge is 2.42.